The minimum absolute atomic E-state index is 0.366. The fraction of sp³-hybridized carbons (Fsp3) is 0.103. The summed E-state index contributed by atoms with van der Waals surface area (Å²) in [6.45, 7) is 6.09. The highest BCUT2D eigenvalue weighted by molar-refractivity contribution is 6.58. The predicted octanol–water partition coefficient (Wildman–Crippen LogP) is 5.89. The number of hydrogen-bond acceptors (Lipinski definition) is 6. The van der Waals surface area contributed by atoms with Gasteiger partial charge < -0.3 is 10.0 Å². The van der Waals surface area contributed by atoms with Crippen LogP contribution in [0.3, 0.4) is 0 Å². The number of aromatic nitrogens is 4. The molecule has 0 spiro atoms. The number of benzene rings is 3. The van der Waals surface area contributed by atoms with Crippen molar-refractivity contribution in [1.29, 1.82) is 0 Å². The van der Waals surface area contributed by atoms with Crippen molar-refractivity contribution in [2.45, 2.75) is 20.8 Å². The highest BCUT2D eigenvalue weighted by Gasteiger charge is 2.09. The van der Waals surface area contributed by atoms with Crippen LogP contribution < -0.4 is 5.46 Å². The number of nitrogens with zero attached hydrogens (tertiary/aromatic N) is 4. The van der Waals surface area contributed by atoms with E-state index in [1.807, 2.05) is 19.1 Å². The summed E-state index contributed by atoms with van der Waals surface area (Å²) in [5.41, 5.74) is 8.21. The van der Waals surface area contributed by atoms with Gasteiger partial charge in [0.1, 0.15) is 23.0 Å². The third-order valence-corrected chi connectivity index (χ3v) is 5.65. The molecule has 0 saturated carbocycles. The first-order chi connectivity index (χ1) is 18.2. The Bertz CT molecular complexity index is 1410. The highest BCUT2D eigenvalue weighted by Crippen LogP contribution is 2.23. The average Bonchev–Trinajstić information content (AvgIpc) is 2.89. The summed E-state index contributed by atoms with van der Waals surface area (Å²) >= 11 is 10.8. The van der Waals surface area contributed by atoms with Crippen LogP contribution in [0, 0.1) is 20.8 Å². The first-order valence-corrected chi connectivity index (χ1v) is 12.5. The van der Waals surface area contributed by atoms with E-state index in [4.69, 9.17) is 33.2 Å². The maximum absolute atomic E-state index is 8.70. The van der Waals surface area contributed by atoms with E-state index < -0.39 is 7.12 Å². The van der Waals surface area contributed by atoms with Gasteiger partial charge in [-0.1, -0.05) is 101 Å². The molecule has 0 radical (unpaired) electrons. The van der Waals surface area contributed by atoms with E-state index in [0.717, 1.165) is 28.1 Å². The molecule has 0 atom stereocenters. The lowest BCUT2D eigenvalue weighted by Gasteiger charge is -2.05. The quantitative estimate of drug-likeness (QED) is 0.217. The molecule has 5 rings (SSSR count). The van der Waals surface area contributed by atoms with Crippen LogP contribution in [0.2, 0.25) is 10.3 Å². The van der Waals surface area contributed by atoms with Gasteiger partial charge in [0.15, 0.2) is 0 Å². The molecule has 2 heterocycles. The zero-order valence-electron chi connectivity index (χ0n) is 21.3. The zero-order chi connectivity index (χ0) is 27.5. The van der Waals surface area contributed by atoms with Crippen molar-refractivity contribution in [3.05, 3.63) is 125 Å². The Morgan fingerprint density at radius 1 is 0.553 bits per heavy atom. The molecule has 0 aliphatic rings. The summed E-state index contributed by atoms with van der Waals surface area (Å²) in [5, 5.41) is 18.1. The van der Waals surface area contributed by atoms with Gasteiger partial charge in [-0.3, -0.25) is 0 Å². The van der Waals surface area contributed by atoms with Crippen molar-refractivity contribution in [3.63, 3.8) is 0 Å². The average molecular weight is 545 g/mol. The Balaban J connectivity index is 0.000000185. The zero-order valence-corrected chi connectivity index (χ0v) is 22.8. The van der Waals surface area contributed by atoms with Crippen LogP contribution in [-0.4, -0.2) is 37.1 Å². The van der Waals surface area contributed by atoms with Crippen LogP contribution in [0.15, 0.2) is 97.6 Å². The van der Waals surface area contributed by atoms with Crippen LogP contribution in [-0.2, 0) is 0 Å². The van der Waals surface area contributed by atoms with Gasteiger partial charge in [0.2, 0.25) is 0 Å². The normalized spacial score (nSPS) is 9.97. The SMILES string of the molecule is Cc1cccc(-c2cc(-c3cccc(C)c3)ncn2)c1.Cc1cccc(B(O)O)c1.Clc1cc(Cl)ncn1. The fourth-order valence-corrected chi connectivity index (χ4v) is 3.77. The molecule has 0 saturated heterocycles. The second-order valence-corrected chi connectivity index (χ2v) is 9.25. The number of halogens is 2. The Kier molecular flexibility index (Phi) is 10.9. The molecule has 0 unspecified atom stereocenters. The predicted molar refractivity (Wildman–Crippen MR) is 155 cm³/mol. The highest BCUT2D eigenvalue weighted by atomic mass is 35.5. The summed E-state index contributed by atoms with van der Waals surface area (Å²) < 4.78 is 0. The molecule has 5 aromatic rings. The summed E-state index contributed by atoms with van der Waals surface area (Å²) in [7, 11) is -1.35. The minimum atomic E-state index is -1.35. The molecule has 9 heteroatoms. The smallest absolute Gasteiger partial charge is 0.423 e. The lowest BCUT2D eigenvalue weighted by Crippen LogP contribution is -2.29. The molecular formula is C29H27BCl2N4O2. The van der Waals surface area contributed by atoms with Gasteiger partial charge in [0, 0.05) is 17.2 Å². The van der Waals surface area contributed by atoms with Crippen LogP contribution in [0.5, 0.6) is 0 Å². The Morgan fingerprint density at radius 2 is 1.00 bits per heavy atom. The monoisotopic (exact) mass is 544 g/mol. The maximum Gasteiger partial charge on any atom is 0.488 e. The molecule has 2 N–H and O–H groups in total. The van der Waals surface area contributed by atoms with Crippen molar-refractivity contribution < 1.29 is 10.0 Å². The maximum atomic E-state index is 8.70. The van der Waals surface area contributed by atoms with Gasteiger partial charge in [0.25, 0.3) is 0 Å². The van der Waals surface area contributed by atoms with Crippen LogP contribution in [0.25, 0.3) is 22.5 Å². The topological polar surface area (TPSA) is 92.0 Å². The molecule has 0 aliphatic carbocycles. The van der Waals surface area contributed by atoms with E-state index in [-0.39, 0.29) is 0 Å². The molecule has 38 heavy (non-hydrogen) atoms. The molecule has 0 amide bonds. The van der Waals surface area contributed by atoms with Crippen molar-refractivity contribution in [2.75, 3.05) is 0 Å². The molecule has 192 valence electrons. The first-order valence-electron chi connectivity index (χ1n) is 11.7. The Morgan fingerprint density at radius 3 is 1.37 bits per heavy atom. The van der Waals surface area contributed by atoms with E-state index in [0.29, 0.717) is 15.8 Å². The molecule has 0 aliphatic heterocycles. The summed E-state index contributed by atoms with van der Waals surface area (Å²) in [4.78, 5) is 16.0. The first kappa shape index (κ1) is 28.9. The lowest BCUT2D eigenvalue weighted by molar-refractivity contribution is 0.425. The van der Waals surface area contributed by atoms with E-state index >= 15 is 0 Å². The second kappa shape index (κ2) is 14.4. The van der Waals surface area contributed by atoms with E-state index in [1.54, 1.807) is 24.5 Å². The van der Waals surface area contributed by atoms with Crippen molar-refractivity contribution in [3.8, 4) is 22.5 Å². The van der Waals surface area contributed by atoms with Crippen molar-refractivity contribution >= 4 is 35.8 Å². The van der Waals surface area contributed by atoms with Gasteiger partial charge in [-0.2, -0.15) is 0 Å². The van der Waals surface area contributed by atoms with Gasteiger partial charge >= 0.3 is 7.12 Å². The number of aryl methyl sites for hydroxylation is 3. The van der Waals surface area contributed by atoms with Crippen molar-refractivity contribution in [1.82, 2.24) is 19.9 Å². The van der Waals surface area contributed by atoms with Crippen LogP contribution >= 0.6 is 23.2 Å². The number of hydrogen-bond donors (Lipinski definition) is 2. The number of rotatable bonds is 3. The molecule has 2 aromatic heterocycles. The van der Waals surface area contributed by atoms with E-state index in [1.165, 1.54) is 23.5 Å². The summed E-state index contributed by atoms with van der Waals surface area (Å²) in [6.07, 6.45) is 2.94. The second-order valence-electron chi connectivity index (χ2n) is 8.48. The van der Waals surface area contributed by atoms with Gasteiger partial charge in [-0.15, -0.1) is 0 Å². The minimum Gasteiger partial charge on any atom is -0.423 e. The molecule has 0 bridgehead atoms. The molecule has 3 aromatic carbocycles. The van der Waals surface area contributed by atoms with E-state index in [9.17, 15) is 0 Å². The van der Waals surface area contributed by atoms with Crippen LogP contribution in [0.4, 0.5) is 0 Å². The molecule has 6 nitrogen and oxygen atoms in total. The van der Waals surface area contributed by atoms with Gasteiger partial charge in [-0.05, 0) is 44.4 Å². The van der Waals surface area contributed by atoms with Gasteiger partial charge in [0.05, 0.1) is 11.4 Å². The standard InChI is InChI=1S/C18H16N2.C7H9BO2.C4H2Cl2N2/c1-13-5-3-7-15(9-13)17-11-18(20-12-19-17)16-8-4-6-14(2)10-16;1-6-3-2-4-7(5-6)8(9)10;5-3-1-4(6)8-2-7-3/h3-12H,1-2H3;2-5,9-10H,1H3;1-2H. The lowest BCUT2D eigenvalue weighted by atomic mass is 9.80. The summed E-state index contributed by atoms with van der Waals surface area (Å²) in [5.74, 6) is 0. The summed E-state index contributed by atoms with van der Waals surface area (Å²) in [6, 6.07) is 27.4. The fourth-order valence-electron chi connectivity index (χ4n) is 3.42. The van der Waals surface area contributed by atoms with Crippen molar-refractivity contribution in [2.24, 2.45) is 0 Å². The van der Waals surface area contributed by atoms with E-state index in [2.05, 4.69) is 82.3 Å². The third-order valence-electron chi connectivity index (χ3n) is 5.24. The Hall–Kier alpha value is -3.62. The Labute approximate surface area is 233 Å². The van der Waals surface area contributed by atoms with Crippen LogP contribution in [0.1, 0.15) is 16.7 Å². The molecule has 0 fully saturated rings. The molecular weight excluding hydrogens is 518 g/mol. The van der Waals surface area contributed by atoms with Gasteiger partial charge in [-0.25, -0.2) is 19.9 Å². The largest absolute Gasteiger partial charge is 0.488 e. The third kappa shape index (κ3) is 9.36.